The van der Waals surface area contributed by atoms with Gasteiger partial charge in [-0.25, -0.2) is 4.98 Å². The summed E-state index contributed by atoms with van der Waals surface area (Å²) in [5.74, 6) is 1.03. The van der Waals surface area contributed by atoms with Crippen LogP contribution in [0.2, 0.25) is 0 Å². The number of nitrogens with zero attached hydrogens (tertiary/aromatic N) is 5. The van der Waals surface area contributed by atoms with Gasteiger partial charge in [-0.2, -0.15) is 18.2 Å². The van der Waals surface area contributed by atoms with Gasteiger partial charge in [-0.1, -0.05) is 124 Å². The molecule has 10 rings (SSSR count). The summed E-state index contributed by atoms with van der Waals surface area (Å²) in [5, 5.41) is 14.3. The standard InChI is InChI=1S/C46H36N5O.Pt/c1-45(2)36-24-14-23-35-34-22-15-27-39(52)40(34)43-47-44(42(46(45,3)4)51(43)41(35)36)50(31-18-9-6-10-19-31)33-21-13-20-32(28-33)49-29-48(30-16-7-5-8-17-30)37-25-11-12-26-38(37)49;/h5-27,52H,1-4H3;/q-1;+2. The molecule has 1 aliphatic heterocycles. The van der Waals surface area contributed by atoms with E-state index in [1.165, 1.54) is 5.56 Å². The molecule has 0 radical (unpaired) electrons. The van der Waals surface area contributed by atoms with Crippen molar-refractivity contribution in [2.45, 2.75) is 38.5 Å². The van der Waals surface area contributed by atoms with Gasteiger partial charge in [0.1, 0.15) is 5.75 Å². The van der Waals surface area contributed by atoms with Gasteiger partial charge < -0.3 is 14.6 Å². The first kappa shape index (κ1) is 33.1. The molecular formula is C46H36N5OPt+. The maximum Gasteiger partial charge on any atom is 2.00 e. The Morgan fingerprint density at radius 3 is 2.17 bits per heavy atom. The van der Waals surface area contributed by atoms with Gasteiger partial charge >= 0.3 is 21.1 Å². The minimum absolute atomic E-state index is 0. The molecule has 0 aliphatic carbocycles. The van der Waals surface area contributed by atoms with Crippen LogP contribution in [0.4, 0.5) is 17.2 Å². The van der Waals surface area contributed by atoms with E-state index in [1.807, 2.05) is 30.3 Å². The van der Waals surface area contributed by atoms with Crippen LogP contribution >= 0.6 is 0 Å². The normalized spacial score (nSPS) is 14.3. The zero-order valence-corrected chi connectivity index (χ0v) is 32.1. The van der Waals surface area contributed by atoms with Gasteiger partial charge in [0.2, 0.25) is 0 Å². The molecule has 1 N–H and O–H groups in total. The first-order valence-electron chi connectivity index (χ1n) is 17.7. The number of hydrogen-bond acceptors (Lipinski definition) is 3. The average Bonchev–Trinajstić information content (AvgIpc) is 3.76. The van der Waals surface area contributed by atoms with Crippen LogP contribution in [-0.2, 0) is 31.9 Å². The van der Waals surface area contributed by atoms with Gasteiger partial charge in [-0.05, 0) is 47.0 Å². The molecule has 0 spiro atoms. The Bertz CT molecular complexity index is 2870. The number of anilines is 3. The molecule has 9 aromatic rings. The molecule has 6 aromatic carbocycles. The largest absolute Gasteiger partial charge is 2.00 e. The Labute approximate surface area is 322 Å². The maximum absolute atomic E-state index is 11.5. The Kier molecular flexibility index (Phi) is 7.45. The summed E-state index contributed by atoms with van der Waals surface area (Å²) in [5.41, 5.74) is 9.38. The molecule has 0 unspecified atom stereocenters. The predicted molar refractivity (Wildman–Crippen MR) is 209 cm³/mol. The number of para-hydroxylation sites is 5. The van der Waals surface area contributed by atoms with Crippen LogP contribution in [0.3, 0.4) is 0 Å². The number of phenols is 1. The molecule has 0 amide bonds. The van der Waals surface area contributed by atoms with Crippen LogP contribution in [0.5, 0.6) is 5.75 Å². The molecule has 6 nitrogen and oxygen atoms in total. The third kappa shape index (κ3) is 4.61. The molecule has 0 saturated heterocycles. The van der Waals surface area contributed by atoms with Crippen LogP contribution in [0.15, 0.2) is 140 Å². The van der Waals surface area contributed by atoms with Crippen LogP contribution in [0.1, 0.15) is 39.0 Å². The van der Waals surface area contributed by atoms with Crippen molar-refractivity contribution in [1.82, 2.24) is 14.0 Å². The van der Waals surface area contributed by atoms with Crippen LogP contribution in [-0.4, -0.2) is 19.1 Å². The van der Waals surface area contributed by atoms with E-state index < -0.39 is 0 Å². The van der Waals surface area contributed by atoms with Gasteiger partial charge in [-0.3, -0.25) is 8.97 Å². The van der Waals surface area contributed by atoms with Crippen LogP contribution in [0, 0.1) is 12.4 Å². The Balaban J connectivity index is 0.00000372. The monoisotopic (exact) mass is 869 g/mol. The van der Waals surface area contributed by atoms with Crippen molar-refractivity contribution >= 4 is 55.5 Å². The quantitative estimate of drug-likeness (QED) is 0.107. The van der Waals surface area contributed by atoms with Crippen molar-refractivity contribution in [2.24, 2.45) is 0 Å². The zero-order valence-electron chi connectivity index (χ0n) is 29.8. The zero-order chi connectivity index (χ0) is 35.4. The first-order chi connectivity index (χ1) is 25.3. The van der Waals surface area contributed by atoms with E-state index in [2.05, 4.69) is 162 Å². The van der Waals surface area contributed by atoms with Crippen molar-refractivity contribution in [1.29, 1.82) is 0 Å². The number of aromatic nitrogens is 4. The summed E-state index contributed by atoms with van der Waals surface area (Å²) in [4.78, 5) is 7.78. The molecule has 0 saturated carbocycles. The molecule has 1 aliphatic rings. The van der Waals surface area contributed by atoms with Gasteiger partial charge in [0.15, 0.2) is 11.5 Å². The fourth-order valence-electron chi connectivity index (χ4n) is 8.31. The minimum Gasteiger partial charge on any atom is -0.507 e. The number of pyridine rings is 1. The Morgan fingerprint density at radius 1 is 0.698 bits per heavy atom. The van der Waals surface area contributed by atoms with Crippen molar-refractivity contribution in [3.05, 3.63) is 163 Å². The van der Waals surface area contributed by atoms with E-state index >= 15 is 0 Å². The number of fused-ring (bicyclic) bond motifs is 4. The van der Waals surface area contributed by atoms with E-state index in [0.717, 1.165) is 72.6 Å². The molecule has 0 bridgehead atoms. The molecule has 7 heteroatoms. The van der Waals surface area contributed by atoms with Crippen molar-refractivity contribution in [3.8, 4) is 17.1 Å². The smallest absolute Gasteiger partial charge is 0.507 e. The second kappa shape index (κ2) is 11.9. The van der Waals surface area contributed by atoms with E-state index in [1.54, 1.807) is 6.07 Å². The van der Waals surface area contributed by atoms with E-state index in [4.69, 9.17) is 4.98 Å². The van der Waals surface area contributed by atoms with E-state index in [0.29, 0.717) is 0 Å². The molecule has 4 heterocycles. The molecule has 260 valence electrons. The summed E-state index contributed by atoms with van der Waals surface area (Å²) in [6, 6.07) is 51.5. The second-order valence-corrected chi connectivity index (χ2v) is 14.8. The number of aromatic hydroxyl groups is 1. The number of phenolic OH excluding ortho intramolecular Hbond substituents is 1. The van der Waals surface area contributed by atoms with Gasteiger partial charge in [0.25, 0.3) is 6.33 Å². The van der Waals surface area contributed by atoms with Crippen LogP contribution in [0.25, 0.3) is 49.7 Å². The number of benzene rings is 6. The third-order valence-corrected chi connectivity index (χ3v) is 11.6. The Hall–Kier alpha value is -5.71. The average molecular weight is 870 g/mol. The SMILES string of the molecule is CC1(C)c2cccc3c4cccc(O)c4c4nc(N(c5[c-]c(-n6[c-][n+](-c7ccccc7)c7ccccc76)ccc5)c5ccccc5)c(n4c23)C1(C)C.[Pt+2]. The molecule has 0 fully saturated rings. The first-order valence-corrected chi connectivity index (χ1v) is 17.7. The number of rotatable bonds is 5. The summed E-state index contributed by atoms with van der Waals surface area (Å²) < 4.78 is 6.51. The topological polar surface area (TPSA) is 49.6 Å². The maximum atomic E-state index is 11.5. The fourth-order valence-corrected chi connectivity index (χ4v) is 8.31. The van der Waals surface area contributed by atoms with Gasteiger partial charge in [0.05, 0.1) is 33.3 Å². The third-order valence-electron chi connectivity index (χ3n) is 11.6. The summed E-state index contributed by atoms with van der Waals surface area (Å²) in [7, 11) is 0. The molecule has 3 aromatic heterocycles. The second-order valence-electron chi connectivity index (χ2n) is 14.8. The minimum atomic E-state index is -0.378. The number of hydrogen-bond donors (Lipinski definition) is 1. The number of imidazole rings is 2. The fraction of sp³-hybridized carbons (Fsp3) is 0.130. The summed E-state index contributed by atoms with van der Waals surface area (Å²) >= 11 is 0. The Morgan fingerprint density at radius 2 is 1.38 bits per heavy atom. The van der Waals surface area contributed by atoms with Crippen LogP contribution < -0.4 is 9.47 Å². The molecular weight excluding hydrogens is 834 g/mol. The summed E-state index contributed by atoms with van der Waals surface area (Å²) in [6.45, 7) is 9.33. The van der Waals surface area contributed by atoms with E-state index in [-0.39, 0.29) is 37.6 Å². The van der Waals surface area contributed by atoms with Gasteiger partial charge in [-0.15, -0.1) is 6.07 Å². The van der Waals surface area contributed by atoms with Crippen molar-refractivity contribution in [2.75, 3.05) is 4.90 Å². The predicted octanol–water partition coefficient (Wildman–Crippen LogP) is 10.2. The molecule has 0 atom stereocenters. The van der Waals surface area contributed by atoms with Crippen molar-refractivity contribution in [3.63, 3.8) is 0 Å². The summed E-state index contributed by atoms with van der Waals surface area (Å²) in [6.07, 6.45) is 3.63. The molecule has 53 heavy (non-hydrogen) atoms. The van der Waals surface area contributed by atoms with Gasteiger partial charge in [0, 0.05) is 21.9 Å². The van der Waals surface area contributed by atoms with Crippen molar-refractivity contribution < 1.29 is 30.7 Å². The van der Waals surface area contributed by atoms with E-state index in [9.17, 15) is 5.11 Å².